The summed E-state index contributed by atoms with van der Waals surface area (Å²) in [7, 11) is 0. The normalized spacial score (nSPS) is 10.7. The molecule has 0 saturated carbocycles. The Labute approximate surface area is 157 Å². The van der Waals surface area contributed by atoms with Gasteiger partial charge in [0.05, 0.1) is 16.3 Å². The molecule has 4 aromatic rings. The van der Waals surface area contributed by atoms with Crippen molar-refractivity contribution in [3.8, 4) is 17.1 Å². The SMILES string of the molecule is O=C(OCc1nc(-c2ccccc2Cl)no1)c1ccc(-n2cnnn2)cc1. The van der Waals surface area contributed by atoms with Crippen LogP contribution in [0.15, 0.2) is 59.4 Å². The first kappa shape index (κ1) is 16.9. The third kappa shape index (κ3) is 3.67. The van der Waals surface area contributed by atoms with Crippen LogP contribution in [0.3, 0.4) is 0 Å². The van der Waals surface area contributed by atoms with Gasteiger partial charge in [0.2, 0.25) is 5.82 Å². The van der Waals surface area contributed by atoms with Gasteiger partial charge in [0, 0.05) is 5.56 Å². The van der Waals surface area contributed by atoms with Gasteiger partial charge in [-0.3, -0.25) is 0 Å². The first-order valence-corrected chi connectivity index (χ1v) is 8.16. The number of nitrogens with zero attached hydrogens (tertiary/aromatic N) is 6. The van der Waals surface area contributed by atoms with Gasteiger partial charge in [0.15, 0.2) is 6.61 Å². The topological polar surface area (TPSA) is 109 Å². The van der Waals surface area contributed by atoms with E-state index in [1.54, 1.807) is 42.5 Å². The molecule has 0 aliphatic rings. The summed E-state index contributed by atoms with van der Waals surface area (Å²) in [6.45, 7) is -0.148. The minimum Gasteiger partial charge on any atom is -0.452 e. The number of esters is 1. The van der Waals surface area contributed by atoms with Gasteiger partial charge in [0.25, 0.3) is 5.89 Å². The Morgan fingerprint density at radius 3 is 2.70 bits per heavy atom. The van der Waals surface area contributed by atoms with E-state index in [0.29, 0.717) is 22.0 Å². The van der Waals surface area contributed by atoms with Crippen LogP contribution in [0.25, 0.3) is 17.1 Å². The zero-order valence-corrected chi connectivity index (χ0v) is 14.4. The van der Waals surface area contributed by atoms with Gasteiger partial charge in [-0.15, -0.1) is 5.10 Å². The number of ether oxygens (including phenoxy) is 1. The fourth-order valence-corrected chi connectivity index (χ4v) is 2.53. The molecule has 0 atom stereocenters. The lowest BCUT2D eigenvalue weighted by Gasteiger charge is -2.03. The van der Waals surface area contributed by atoms with Gasteiger partial charge < -0.3 is 9.26 Å². The number of benzene rings is 2. The second-order valence-corrected chi connectivity index (χ2v) is 5.78. The third-order valence-corrected chi connectivity index (χ3v) is 3.96. The molecule has 0 bridgehead atoms. The third-order valence-electron chi connectivity index (χ3n) is 3.63. The Hall–Kier alpha value is -3.59. The average molecular weight is 383 g/mol. The molecule has 10 heteroatoms. The van der Waals surface area contributed by atoms with Crippen LogP contribution in [0.4, 0.5) is 0 Å². The Bertz CT molecular complexity index is 1060. The molecule has 9 nitrogen and oxygen atoms in total. The number of halogens is 1. The van der Waals surface area contributed by atoms with Crippen LogP contribution in [0.2, 0.25) is 5.02 Å². The monoisotopic (exact) mass is 382 g/mol. The summed E-state index contributed by atoms with van der Waals surface area (Å²) in [6, 6.07) is 13.8. The van der Waals surface area contributed by atoms with Gasteiger partial charge in [-0.25, -0.2) is 9.48 Å². The van der Waals surface area contributed by atoms with Crippen LogP contribution in [0, 0.1) is 0 Å². The zero-order chi connectivity index (χ0) is 18.6. The molecule has 0 aliphatic carbocycles. The van der Waals surface area contributed by atoms with Crippen LogP contribution < -0.4 is 0 Å². The van der Waals surface area contributed by atoms with E-state index in [9.17, 15) is 4.79 Å². The maximum Gasteiger partial charge on any atom is 0.338 e. The number of rotatable bonds is 5. The summed E-state index contributed by atoms with van der Waals surface area (Å²) in [4.78, 5) is 16.4. The highest BCUT2D eigenvalue weighted by Crippen LogP contribution is 2.25. The van der Waals surface area contributed by atoms with E-state index in [1.165, 1.54) is 11.0 Å². The van der Waals surface area contributed by atoms with Crippen LogP contribution in [0.5, 0.6) is 0 Å². The molecule has 2 heterocycles. The largest absolute Gasteiger partial charge is 0.452 e. The molecule has 0 N–H and O–H groups in total. The number of carbonyl (C=O) groups is 1. The van der Waals surface area contributed by atoms with Crippen molar-refractivity contribution in [2.24, 2.45) is 0 Å². The first-order valence-electron chi connectivity index (χ1n) is 7.79. The maximum absolute atomic E-state index is 12.2. The molecule has 0 fully saturated rings. The van der Waals surface area contributed by atoms with Gasteiger partial charge in [0.1, 0.15) is 6.33 Å². The first-order chi connectivity index (χ1) is 13.2. The zero-order valence-electron chi connectivity index (χ0n) is 13.7. The van der Waals surface area contributed by atoms with Crippen LogP contribution in [-0.2, 0) is 11.3 Å². The molecule has 27 heavy (non-hydrogen) atoms. The molecule has 0 spiro atoms. The molecule has 134 valence electrons. The van der Waals surface area contributed by atoms with E-state index < -0.39 is 5.97 Å². The molecular weight excluding hydrogens is 372 g/mol. The van der Waals surface area contributed by atoms with Crippen molar-refractivity contribution in [3.05, 3.63) is 71.3 Å². The highest BCUT2D eigenvalue weighted by molar-refractivity contribution is 6.33. The highest BCUT2D eigenvalue weighted by atomic mass is 35.5. The van der Waals surface area contributed by atoms with E-state index in [4.69, 9.17) is 20.9 Å². The van der Waals surface area contributed by atoms with Crippen molar-refractivity contribution in [3.63, 3.8) is 0 Å². The summed E-state index contributed by atoms with van der Waals surface area (Å²) >= 11 is 6.10. The summed E-state index contributed by atoms with van der Waals surface area (Å²) in [5.74, 6) is -0.0169. The fourth-order valence-electron chi connectivity index (χ4n) is 2.31. The Kier molecular flexibility index (Phi) is 4.58. The van der Waals surface area contributed by atoms with Crippen molar-refractivity contribution in [2.75, 3.05) is 0 Å². The maximum atomic E-state index is 12.2. The van der Waals surface area contributed by atoms with Gasteiger partial charge >= 0.3 is 5.97 Å². The molecule has 0 radical (unpaired) electrons. The second kappa shape index (κ2) is 7.34. The quantitative estimate of drug-likeness (QED) is 0.484. The predicted molar refractivity (Wildman–Crippen MR) is 93.0 cm³/mol. The van der Waals surface area contributed by atoms with Gasteiger partial charge in [-0.05, 0) is 46.8 Å². The van der Waals surface area contributed by atoms with E-state index in [1.807, 2.05) is 6.07 Å². The minimum absolute atomic E-state index is 0.148. The number of carbonyl (C=O) groups excluding carboxylic acids is 1. The average Bonchev–Trinajstić information content (AvgIpc) is 3.39. The lowest BCUT2D eigenvalue weighted by Crippen LogP contribution is -2.06. The number of hydrogen-bond donors (Lipinski definition) is 0. The van der Waals surface area contributed by atoms with Crippen molar-refractivity contribution >= 4 is 17.6 Å². The second-order valence-electron chi connectivity index (χ2n) is 5.37. The summed E-state index contributed by atoms with van der Waals surface area (Å²) in [6.07, 6.45) is 1.46. The molecule has 0 amide bonds. The Morgan fingerprint density at radius 1 is 1.15 bits per heavy atom. The standard InChI is InChI=1S/C17H11ClN6O3/c18-14-4-2-1-3-13(14)16-20-15(27-21-16)9-26-17(25)11-5-7-12(8-6-11)24-10-19-22-23-24/h1-8,10H,9H2. The molecule has 0 unspecified atom stereocenters. The van der Waals surface area contributed by atoms with E-state index in [0.717, 1.165) is 5.69 Å². The van der Waals surface area contributed by atoms with E-state index in [2.05, 4.69) is 25.7 Å². The summed E-state index contributed by atoms with van der Waals surface area (Å²) < 4.78 is 11.8. The van der Waals surface area contributed by atoms with E-state index in [-0.39, 0.29) is 12.5 Å². The van der Waals surface area contributed by atoms with Crippen LogP contribution >= 0.6 is 11.6 Å². The summed E-state index contributed by atoms with van der Waals surface area (Å²) in [5.41, 5.74) is 1.73. The Morgan fingerprint density at radius 2 is 1.96 bits per heavy atom. The van der Waals surface area contributed by atoms with Crippen molar-refractivity contribution in [1.29, 1.82) is 0 Å². The van der Waals surface area contributed by atoms with Crippen molar-refractivity contribution in [1.82, 2.24) is 30.3 Å². The molecule has 0 saturated heterocycles. The molecular formula is C17H11ClN6O3. The fraction of sp³-hybridized carbons (Fsp3) is 0.0588. The Balaban J connectivity index is 1.40. The number of tetrazole rings is 1. The van der Waals surface area contributed by atoms with Gasteiger partial charge in [-0.1, -0.05) is 28.9 Å². The van der Waals surface area contributed by atoms with E-state index >= 15 is 0 Å². The van der Waals surface area contributed by atoms with Gasteiger partial charge in [-0.2, -0.15) is 4.98 Å². The molecule has 4 rings (SSSR count). The van der Waals surface area contributed by atoms with Crippen molar-refractivity contribution < 1.29 is 14.1 Å². The van der Waals surface area contributed by atoms with Crippen molar-refractivity contribution in [2.45, 2.75) is 6.61 Å². The lowest BCUT2D eigenvalue weighted by atomic mass is 10.2. The molecule has 0 aliphatic heterocycles. The molecule has 2 aromatic carbocycles. The lowest BCUT2D eigenvalue weighted by molar-refractivity contribution is 0.0430. The molecule has 2 aromatic heterocycles. The smallest absolute Gasteiger partial charge is 0.338 e. The van der Waals surface area contributed by atoms with Crippen LogP contribution in [-0.4, -0.2) is 36.3 Å². The summed E-state index contributed by atoms with van der Waals surface area (Å²) in [5, 5.41) is 15.2. The van der Waals surface area contributed by atoms with Crippen LogP contribution in [0.1, 0.15) is 16.2 Å². The number of hydrogen-bond acceptors (Lipinski definition) is 8. The predicted octanol–water partition coefficient (Wildman–Crippen LogP) is 2.72. The minimum atomic E-state index is -0.518. The number of aromatic nitrogens is 6. The highest BCUT2D eigenvalue weighted by Gasteiger charge is 2.14.